The summed E-state index contributed by atoms with van der Waals surface area (Å²) in [4.78, 5) is 16.5. The van der Waals surface area contributed by atoms with E-state index in [0.717, 1.165) is 23.5 Å². The van der Waals surface area contributed by atoms with Crippen LogP contribution in [0.1, 0.15) is 28.8 Å². The molecule has 0 saturated carbocycles. The number of amides is 1. The van der Waals surface area contributed by atoms with Crippen molar-refractivity contribution in [3.63, 3.8) is 0 Å². The van der Waals surface area contributed by atoms with Crippen LogP contribution in [0.4, 0.5) is 5.69 Å². The number of carbonyl (C=O) groups excluding carboxylic acids is 1. The van der Waals surface area contributed by atoms with Crippen molar-refractivity contribution in [1.82, 2.24) is 19.7 Å². The SMILES string of the molecule is CCc1ccccc1NC(=O)c1ccc(-n2ccnc2C)nn1. The van der Waals surface area contributed by atoms with Crippen molar-refractivity contribution in [1.29, 1.82) is 0 Å². The molecule has 0 aliphatic carbocycles. The third-order valence-corrected chi connectivity index (χ3v) is 3.60. The topological polar surface area (TPSA) is 72.7 Å². The first-order chi connectivity index (χ1) is 11.2. The van der Waals surface area contributed by atoms with E-state index in [1.165, 1.54) is 0 Å². The van der Waals surface area contributed by atoms with Crippen molar-refractivity contribution in [3.05, 3.63) is 65.9 Å². The van der Waals surface area contributed by atoms with Gasteiger partial charge in [-0.3, -0.25) is 9.36 Å². The Morgan fingerprint density at radius 2 is 2.00 bits per heavy atom. The van der Waals surface area contributed by atoms with Gasteiger partial charge in [0.15, 0.2) is 11.5 Å². The highest BCUT2D eigenvalue weighted by atomic mass is 16.1. The molecule has 0 fully saturated rings. The molecule has 0 aliphatic rings. The Bertz CT molecular complexity index is 823. The monoisotopic (exact) mass is 307 g/mol. The van der Waals surface area contributed by atoms with Gasteiger partial charge in [0.05, 0.1) is 0 Å². The molecule has 3 rings (SSSR count). The molecular formula is C17H17N5O. The van der Waals surface area contributed by atoms with Crippen LogP contribution in [-0.4, -0.2) is 25.7 Å². The Kier molecular flexibility index (Phi) is 4.14. The van der Waals surface area contributed by atoms with Gasteiger partial charge in [-0.15, -0.1) is 10.2 Å². The van der Waals surface area contributed by atoms with E-state index in [-0.39, 0.29) is 11.6 Å². The zero-order chi connectivity index (χ0) is 16.2. The van der Waals surface area contributed by atoms with Gasteiger partial charge in [0, 0.05) is 18.1 Å². The summed E-state index contributed by atoms with van der Waals surface area (Å²) in [5, 5.41) is 11.0. The van der Waals surface area contributed by atoms with E-state index in [2.05, 4.69) is 20.5 Å². The minimum atomic E-state index is -0.271. The first-order valence-electron chi connectivity index (χ1n) is 7.42. The van der Waals surface area contributed by atoms with Gasteiger partial charge in [0.2, 0.25) is 0 Å². The normalized spacial score (nSPS) is 10.5. The molecule has 2 aromatic heterocycles. The van der Waals surface area contributed by atoms with E-state index in [0.29, 0.717) is 5.82 Å². The maximum absolute atomic E-state index is 12.3. The fraction of sp³-hybridized carbons (Fsp3) is 0.176. The zero-order valence-electron chi connectivity index (χ0n) is 13.0. The summed E-state index contributed by atoms with van der Waals surface area (Å²) in [6.45, 7) is 3.93. The summed E-state index contributed by atoms with van der Waals surface area (Å²) in [6, 6.07) is 11.1. The van der Waals surface area contributed by atoms with Gasteiger partial charge in [-0.1, -0.05) is 25.1 Å². The minimum Gasteiger partial charge on any atom is -0.320 e. The number of nitrogens with zero attached hydrogens (tertiary/aromatic N) is 4. The number of imidazole rings is 1. The standard InChI is InChI=1S/C17H17N5O/c1-3-13-6-4-5-7-14(13)19-17(23)15-8-9-16(21-20-15)22-11-10-18-12(22)2/h4-11H,3H2,1-2H3,(H,19,23). The molecular weight excluding hydrogens is 290 g/mol. The van der Waals surface area contributed by atoms with E-state index >= 15 is 0 Å². The zero-order valence-corrected chi connectivity index (χ0v) is 13.0. The summed E-state index contributed by atoms with van der Waals surface area (Å²) in [5.41, 5.74) is 2.16. The summed E-state index contributed by atoms with van der Waals surface area (Å²) >= 11 is 0. The molecule has 1 amide bonds. The van der Waals surface area contributed by atoms with Gasteiger partial charge in [0.1, 0.15) is 5.82 Å². The quantitative estimate of drug-likeness (QED) is 0.804. The molecule has 0 unspecified atom stereocenters. The highest BCUT2D eigenvalue weighted by Crippen LogP contribution is 2.16. The van der Waals surface area contributed by atoms with Crippen molar-refractivity contribution in [3.8, 4) is 5.82 Å². The first-order valence-corrected chi connectivity index (χ1v) is 7.42. The van der Waals surface area contributed by atoms with Gasteiger partial charge in [-0.25, -0.2) is 4.98 Å². The first kappa shape index (κ1) is 14.9. The Morgan fingerprint density at radius 3 is 2.65 bits per heavy atom. The average molecular weight is 307 g/mol. The number of benzene rings is 1. The molecule has 0 atom stereocenters. The lowest BCUT2D eigenvalue weighted by Gasteiger charge is -2.09. The number of anilines is 1. The Morgan fingerprint density at radius 1 is 1.17 bits per heavy atom. The van der Waals surface area contributed by atoms with Crippen LogP contribution in [0.2, 0.25) is 0 Å². The maximum Gasteiger partial charge on any atom is 0.276 e. The third-order valence-electron chi connectivity index (χ3n) is 3.60. The molecule has 2 heterocycles. The van der Waals surface area contributed by atoms with Gasteiger partial charge in [-0.2, -0.15) is 0 Å². The average Bonchev–Trinajstić information content (AvgIpc) is 3.01. The Labute approximate surface area is 134 Å². The number of para-hydroxylation sites is 1. The fourth-order valence-corrected chi connectivity index (χ4v) is 2.33. The second kappa shape index (κ2) is 6.39. The van der Waals surface area contributed by atoms with Gasteiger partial charge >= 0.3 is 0 Å². The van der Waals surface area contributed by atoms with Crippen LogP contribution in [0.25, 0.3) is 5.82 Å². The predicted molar refractivity (Wildman–Crippen MR) is 87.7 cm³/mol. The van der Waals surface area contributed by atoms with Crippen LogP contribution in [0.15, 0.2) is 48.8 Å². The smallest absolute Gasteiger partial charge is 0.276 e. The van der Waals surface area contributed by atoms with Gasteiger partial charge in [0.25, 0.3) is 5.91 Å². The summed E-state index contributed by atoms with van der Waals surface area (Å²) in [5.74, 6) is 1.17. The van der Waals surface area contributed by atoms with Crippen LogP contribution in [-0.2, 0) is 6.42 Å². The van der Waals surface area contributed by atoms with E-state index in [1.54, 1.807) is 29.1 Å². The second-order valence-corrected chi connectivity index (χ2v) is 5.09. The number of carbonyl (C=O) groups is 1. The summed E-state index contributed by atoms with van der Waals surface area (Å²) in [6.07, 6.45) is 4.34. The van der Waals surface area contributed by atoms with Crippen molar-refractivity contribution in [2.24, 2.45) is 0 Å². The molecule has 0 radical (unpaired) electrons. The summed E-state index contributed by atoms with van der Waals surface area (Å²) < 4.78 is 1.81. The fourth-order valence-electron chi connectivity index (χ4n) is 2.33. The molecule has 6 nitrogen and oxygen atoms in total. The number of aryl methyl sites for hydroxylation is 2. The van der Waals surface area contributed by atoms with E-state index in [9.17, 15) is 4.79 Å². The van der Waals surface area contributed by atoms with Crippen LogP contribution in [0.5, 0.6) is 0 Å². The predicted octanol–water partition coefficient (Wildman–Crippen LogP) is 2.79. The lowest BCUT2D eigenvalue weighted by Crippen LogP contribution is -2.16. The third kappa shape index (κ3) is 3.11. The lowest BCUT2D eigenvalue weighted by atomic mass is 10.1. The van der Waals surface area contributed by atoms with Crippen LogP contribution in [0.3, 0.4) is 0 Å². The minimum absolute atomic E-state index is 0.271. The largest absolute Gasteiger partial charge is 0.320 e. The molecule has 1 aromatic carbocycles. The second-order valence-electron chi connectivity index (χ2n) is 5.09. The number of aromatic nitrogens is 4. The number of hydrogen-bond acceptors (Lipinski definition) is 4. The molecule has 23 heavy (non-hydrogen) atoms. The molecule has 6 heteroatoms. The molecule has 116 valence electrons. The molecule has 3 aromatic rings. The van der Waals surface area contributed by atoms with Gasteiger partial charge in [-0.05, 0) is 37.1 Å². The van der Waals surface area contributed by atoms with Gasteiger partial charge < -0.3 is 5.32 Å². The number of hydrogen-bond donors (Lipinski definition) is 1. The summed E-state index contributed by atoms with van der Waals surface area (Å²) in [7, 11) is 0. The van der Waals surface area contributed by atoms with Crippen LogP contribution < -0.4 is 5.32 Å². The molecule has 0 saturated heterocycles. The lowest BCUT2D eigenvalue weighted by molar-refractivity contribution is 0.102. The highest BCUT2D eigenvalue weighted by molar-refractivity contribution is 6.03. The van der Waals surface area contributed by atoms with E-state index in [4.69, 9.17) is 0 Å². The van der Waals surface area contributed by atoms with E-state index in [1.807, 2.05) is 38.1 Å². The van der Waals surface area contributed by atoms with Crippen LogP contribution in [0, 0.1) is 6.92 Å². The molecule has 0 bridgehead atoms. The highest BCUT2D eigenvalue weighted by Gasteiger charge is 2.11. The molecule has 0 spiro atoms. The number of rotatable bonds is 4. The van der Waals surface area contributed by atoms with Crippen molar-refractivity contribution in [2.45, 2.75) is 20.3 Å². The molecule has 1 N–H and O–H groups in total. The Balaban J connectivity index is 1.79. The maximum atomic E-state index is 12.3. The number of nitrogens with one attached hydrogen (secondary N) is 1. The Hall–Kier alpha value is -3.02. The van der Waals surface area contributed by atoms with Crippen LogP contribution >= 0.6 is 0 Å². The van der Waals surface area contributed by atoms with E-state index < -0.39 is 0 Å². The van der Waals surface area contributed by atoms with Crippen molar-refractivity contribution < 1.29 is 4.79 Å². The molecule has 0 aliphatic heterocycles. The van der Waals surface area contributed by atoms with Crippen molar-refractivity contribution >= 4 is 11.6 Å². The van der Waals surface area contributed by atoms with Crippen molar-refractivity contribution in [2.75, 3.05) is 5.32 Å².